The van der Waals surface area contributed by atoms with Crippen LogP contribution in [0.1, 0.15) is 32.4 Å². The van der Waals surface area contributed by atoms with Crippen LogP contribution in [0.5, 0.6) is 0 Å². The molecule has 132 valence electrons. The molecule has 0 aliphatic rings. The van der Waals surface area contributed by atoms with Gasteiger partial charge in [-0.1, -0.05) is 36.8 Å². The van der Waals surface area contributed by atoms with Crippen LogP contribution in [0.4, 0.5) is 5.69 Å². The van der Waals surface area contributed by atoms with Crippen LogP contribution in [0.25, 0.3) is 0 Å². The van der Waals surface area contributed by atoms with Crippen LogP contribution in [-0.2, 0) is 14.3 Å². The van der Waals surface area contributed by atoms with E-state index in [-0.39, 0.29) is 18.0 Å². The summed E-state index contributed by atoms with van der Waals surface area (Å²) in [5.41, 5.74) is 3.29. The van der Waals surface area contributed by atoms with E-state index in [0.717, 1.165) is 16.8 Å². The van der Waals surface area contributed by atoms with Gasteiger partial charge in [-0.3, -0.25) is 0 Å². The van der Waals surface area contributed by atoms with Crippen LogP contribution in [0, 0.1) is 5.92 Å². The molecule has 0 heterocycles. The highest BCUT2D eigenvalue weighted by Crippen LogP contribution is 2.28. The monoisotopic (exact) mass is 331 g/mol. The Hall–Kier alpha value is -2.07. The summed E-state index contributed by atoms with van der Waals surface area (Å²) in [6.45, 7) is 6.25. The Morgan fingerprint density at radius 3 is 2.33 bits per heavy atom. The van der Waals surface area contributed by atoms with Crippen molar-refractivity contribution in [3.05, 3.63) is 53.6 Å². The van der Waals surface area contributed by atoms with Crippen molar-refractivity contribution in [3.8, 4) is 0 Å². The molecule has 0 amide bonds. The number of hydrogen-bond acceptors (Lipinski definition) is 4. The summed E-state index contributed by atoms with van der Waals surface area (Å²) in [5, 5.41) is 0. The molecule has 0 aliphatic carbocycles. The standard InChI is InChI=1S/C20H29NO3/c1-7-24-19(22)13-8-15(2)14-16(3)20(23-6)17-9-11-18(12-10-17)21(4)5/h8-14,16,20H,7H2,1-6H3/b13-8+,15-14+. The van der Waals surface area contributed by atoms with Crippen molar-refractivity contribution in [2.45, 2.75) is 26.9 Å². The van der Waals surface area contributed by atoms with Gasteiger partial charge in [0, 0.05) is 38.9 Å². The van der Waals surface area contributed by atoms with Crippen molar-refractivity contribution >= 4 is 11.7 Å². The quantitative estimate of drug-likeness (QED) is 0.408. The lowest BCUT2D eigenvalue weighted by Gasteiger charge is -2.22. The third-order valence-electron chi connectivity index (χ3n) is 3.76. The summed E-state index contributed by atoms with van der Waals surface area (Å²) in [6, 6.07) is 8.37. The number of anilines is 1. The van der Waals surface area contributed by atoms with E-state index in [1.54, 1.807) is 20.1 Å². The summed E-state index contributed by atoms with van der Waals surface area (Å²) >= 11 is 0. The number of allylic oxidation sites excluding steroid dienone is 2. The molecule has 2 unspecified atom stereocenters. The van der Waals surface area contributed by atoms with Gasteiger partial charge in [0.25, 0.3) is 0 Å². The largest absolute Gasteiger partial charge is 0.463 e. The van der Waals surface area contributed by atoms with Crippen LogP contribution >= 0.6 is 0 Å². The summed E-state index contributed by atoms with van der Waals surface area (Å²) in [6.07, 6.45) is 5.29. The number of rotatable bonds is 8. The van der Waals surface area contributed by atoms with E-state index >= 15 is 0 Å². The molecular formula is C20H29NO3. The molecule has 24 heavy (non-hydrogen) atoms. The van der Waals surface area contributed by atoms with Gasteiger partial charge in [0.2, 0.25) is 0 Å². The van der Waals surface area contributed by atoms with E-state index in [4.69, 9.17) is 9.47 Å². The highest BCUT2D eigenvalue weighted by Gasteiger charge is 2.17. The maximum absolute atomic E-state index is 11.4. The average molecular weight is 331 g/mol. The van der Waals surface area contributed by atoms with E-state index in [9.17, 15) is 4.79 Å². The van der Waals surface area contributed by atoms with Crippen LogP contribution < -0.4 is 4.90 Å². The number of hydrogen-bond donors (Lipinski definition) is 0. The van der Waals surface area contributed by atoms with Gasteiger partial charge in [-0.2, -0.15) is 0 Å². The lowest BCUT2D eigenvalue weighted by molar-refractivity contribution is -0.137. The molecule has 0 aliphatic heterocycles. The first-order chi connectivity index (χ1) is 11.4. The number of carbonyl (C=O) groups is 1. The molecule has 4 nitrogen and oxygen atoms in total. The van der Waals surface area contributed by atoms with Crippen LogP contribution in [0.3, 0.4) is 0 Å². The Morgan fingerprint density at radius 1 is 1.21 bits per heavy atom. The molecule has 0 bridgehead atoms. The zero-order valence-electron chi connectivity index (χ0n) is 15.6. The topological polar surface area (TPSA) is 38.8 Å². The normalized spacial score (nSPS) is 14.5. The molecule has 2 atom stereocenters. The molecule has 1 aromatic carbocycles. The maximum atomic E-state index is 11.4. The molecule has 0 radical (unpaired) electrons. The summed E-state index contributed by atoms with van der Waals surface area (Å²) in [7, 11) is 5.76. The van der Waals surface area contributed by atoms with Gasteiger partial charge in [0.15, 0.2) is 0 Å². The van der Waals surface area contributed by atoms with Crippen molar-refractivity contribution in [3.63, 3.8) is 0 Å². The second-order valence-corrected chi connectivity index (χ2v) is 6.00. The fraction of sp³-hybridized carbons (Fsp3) is 0.450. The van der Waals surface area contributed by atoms with Crippen LogP contribution in [-0.4, -0.2) is 33.8 Å². The first-order valence-electron chi connectivity index (χ1n) is 8.22. The van der Waals surface area contributed by atoms with Crippen LogP contribution in [0.2, 0.25) is 0 Å². The van der Waals surface area contributed by atoms with Crippen molar-refractivity contribution in [1.82, 2.24) is 0 Å². The third-order valence-corrected chi connectivity index (χ3v) is 3.76. The number of benzene rings is 1. The lowest BCUT2D eigenvalue weighted by Crippen LogP contribution is -2.12. The highest BCUT2D eigenvalue weighted by atomic mass is 16.5. The smallest absolute Gasteiger partial charge is 0.330 e. The van der Waals surface area contributed by atoms with Gasteiger partial charge in [0.05, 0.1) is 12.7 Å². The third kappa shape index (κ3) is 6.20. The molecule has 0 saturated carbocycles. The van der Waals surface area contributed by atoms with E-state index in [1.807, 2.05) is 21.0 Å². The van der Waals surface area contributed by atoms with E-state index in [2.05, 4.69) is 42.2 Å². The Labute approximate surface area is 145 Å². The Bertz CT molecular complexity index is 573. The van der Waals surface area contributed by atoms with Crippen LogP contribution in [0.15, 0.2) is 48.1 Å². The Kier molecular flexibility index (Phi) is 8.27. The van der Waals surface area contributed by atoms with Gasteiger partial charge >= 0.3 is 5.97 Å². The Balaban J connectivity index is 2.83. The van der Waals surface area contributed by atoms with Gasteiger partial charge < -0.3 is 14.4 Å². The fourth-order valence-corrected chi connectivity index (χ4v) is 2.56. The molecule has 0 aromatic heterocycles. The minimum atomic E-state index is -0.319. The van der Waals surface area contributed by atoms with Crippen molar-refractivity contribution in [1.29, 1.82) is 0 Å². The van der Waals surface area contributed by atoms with E-state index in [0.29, 0.717) is 6.61 Å². The number of methoxy groups -OCH3 is 1. The molecule has 1 rings (SSSR count). The second-order valence-electron chi connectivity index (χ2n) is 6.00. The predicted octanol–water partition coefficient (Wildman–Crippen LogP) is 4.14. The van der Waals surface area contributed by atoms with Gasteiger partial charge in [-0.25, -0.2) is 4.79 Å². The van der Waals surface area contributed by atoms with Crippen molar-refractivity contribution in [2.75, 3.05) is 32.7 Å². The first-order valence-corrected chi connectivity index (χ1v) is 8.22. The second kappa shape index (κ2) is 9.93. The zero-order valence-corrected chi connectivity index (χ0v) is 15.6. The fourth-order valence-electron chi connectivity index (χ4n) is 2.56. The van der Waals surface area contributed by atoms with E-state index < -0.39 is 0 Å². The number of esters is 1. The lowest BCUT2D eigenvalue weighted by atomic mass is 9.95. The number of nitrogens with zero attached hydrogens (tertiary/aromatic N) is 1. The summed E-state index contributed by atoms with van der Waals surface area (Å²) in [4.78, 5) is 13.4. The maximum Gasteiger partial charge on any atom is 0.330 e. The summed E-state index contributed by atoms with van der Waals surface area (Å²) < 4.78 is 10.6. The minimum Gasteiger partial charge on any atom is -0.463 e. The number of ether oxygens (including phenoxy) is 2. The molecule has 0 spiro atoms. The predicted molar refractivity (Wildman–Crippen MR) is 99.2 cm³/mol. The molecule has 1 aromatic rings. The highest BCUT2D eigenvalue weighted by molar-refractivity contribution is 5.82. The minimum absolute atomic E-state index is 0.0350. The molecule has 0 saturated heterocycles. The van der Waals surface area contributed by atoms with Gasteiger partial charge in [-0.15, -0.1) is 0 Å². The molecule has 0 N–H and O–H groups in total. The first kappa shape index (κ1) is 20.0. The van der Waals surface area contributed by atoms with Gasteiger partial charge in [-0.05, 0) is 31.5 Å². The average Bonchev–Trinajstić information content (AvgIpc) is 2.54. The Morgan fingerprint density at radius 2 is 1.83 bits per heavy atom. The van der Waals surface area contributed by atoms with E-state index in [1.165, 1.54) is 6.08 Å². The van der Waals surface area contributed by atoms with Crippen molar-refractivity contribution in [2.24, 2.45) is 5.92 Å². The SMILES string of the molecule is CCOC(=O)/C=C/C(C)=C/C(C)C(OC)c1ccc(N(C)C)cc1. The molecule has 4 heteroatoms. The zero-order chi connectivity index (χ0) is 18.1. The van der Waals surface area contributed by atoms with Gasteiger partial charge in [0.1, 0.15) is 0 Å². The van der Waals surface area contributed by atoms with Crippen molar-refractivity contribution < 1.29 is 14.3 Å². The molecular weight excluding hydrogens is 302 g/mol. The molecule has 0 fully saturated rings. The number of carbonyl (C=O) groups excluding carboxylic acids is 1. The summed E-state index contributed by atoms with van der Waals surface area (Å²) in [5.74, 6) is -0.146.